The van der Waals surface area contributed by atoms with E-state index in [4.69, 9.17) is 4.74 Å². The van der Waals surface area contributed by atoms with Crippen LogP contribution in [-0.2, 0) is 14.3 Å². The molecule has 0 atom stereocenters. The van der Waals surface area contributed by atoms with Crippen molar-refractivity contribution in [3.63, 3.8) is 0 Å². The predicted octanol–water partition coefficient (Wildman–Crippen LogP) is 5.05. The highest BCUT2D eigenvalue weighted by Gasteiger charge is 2.19. The maximum atomic E-state index is 12.4. The van der Waals surface area contributed by atoms with Crippen LogP contribution in [0, 0.1) is 6.92 Å². The number of aryl methyl sites for hydroxylation is 1. The van der Waals surface area contributed by atoms with E-state index < -0.39 is 12.1 Å². The van der Waals surface area contributed by atoms with Gasteiger partial charge in [0.05, 0.1) is 6.42 Å². The van der Waals surface area contributed by atoms with E-state index in [0.717, 1.165) is 22.4 Å². The van der Waals surface area contributed by atoms with Crippen molar-refractivity contribution >= 4 is 17.6 Å². The summed E-state index contributed by atoms with van der Waals surface area (Å²) in [7, 11) is 0. The third kappa shape index (κ3) is 5.55. The Bertz CT molecular complexity index is 883. The number of carbonyl (C=O) groups is 2. The van der Waals surface area contributed by atoms with Crippen molar-refractivity contribution < 1.29 is 14.3 Å². The number of anilines is 1. The first kappa shape index (κ1) is 19.4. The van der Waals surface area contributed by atoms with Crippen molar-refractivity contribution in [1.29, 1.82) is 0 Å². The summed E-state index contributed by atoms with van der Waals surface area (Å²) < 4.78 is 5.72. The van der Waals surface area contributed by atoms with E-state index in [-0.39, 0.29) is 18.7 Å². The summed E-state index contributed by atoms with van der Waals surface area (Å²) >= 11 is 0. The molecule has 0 aliphatic heterocycles. The Morgan fingerprint density at radius 3 is 2.00 bits per heavy atom. The monoisotopic (exact) mass is 373 g/mol. The molecule has 28 heavy (non-hydrogen) atoms. The first-order chi connectivity index (χ1) is 13.6. The zero-order valence-corrected chi connectivity index (χ0v) is 15.8. The van der Waals surface area contributed by atoms with E-state index in [1.807, 2.05) is 91.9 Å². The molecule has 3 aromatic rings. The number of carbonyl (C=O) groups excluding carboxylic acids is 2. The number of esters is 1. The van der Waals surface area contributed by atoms with Crippen molar-refractivity contribution in [1.82, 2.24) is 0 Å². The number of hydrogen-bond acceptors (Lipinski definition) is 3. The minimum atomic E-state index is -0.491. The molecule has 0 bridgehead atoms. The molecule has 4 heteroatoms. The lowest BCUT2D eigenvalue weighted by Gasteiger charge is -2.19. The van der Waals surface area contributed by atoms with Gasteiger partial charge in [-0.1, -0.05) is 72.8 Å². The summed E-state index contributed by atoms with van der Waals surface area (Å²) in [5.41, 5.74) is 3.58. The zero-order valence-electron chi connectivity index (χ0n) is 15.8. The Hall–Kier alpha value is -3.40. The standard InChI is InChI=1S/C24H23NO3/c1-18-9-8-14-21(17-18)25-22(26)15-16-23(27)28-24(19-10-4-2-5-11-19)20-12-6-3-7-13-20/h2-14,17,24H,15-16H2,1H3,(H,25,26). The largest absolute Gasteiger partial charge is 0.453 e. The quantitative estimate of drug-likeness (QED) is 0.590. The molecule has 0 aliphatic carbocycles. The second kappa shape index (κ2) is 9.51. The highest BCUT2D eigenvalue weighted by atomic mass is 16.5. The number of nitrogens with one attached hydrogen (secondary N) is 1. The summed E-state index contributed by atoms with van der Waals surface area (Å²) in [5.74, 6) is -0.615. The second-order valence-corrected chi connectivity index (χ2v) is 6.61. The smallest absolute Gasteiger partial charge is 0.307 e. The molecule has 0 aliphatic rings. The van der Waals surface area contributed by atoms with Gasteiger partial charge in [-0.25, -0.2) is 0 Å². The van der Waals surface area contributed by atoms with Crippen molar-refractivity contribution in [3.05, 3.63) is 102 Å². The van der Waals surface area contributed by atoms with Crippen LogP contribution in [0.25, 0.3) is 0 Å². The van der Waals surface area contributed by atoms with E-state index in [1.165, 1.54) is 0 Å². The average molecular weight is 373 g/mol. The van der Waals surface area contributed by atoms with Gasteiger partial charge in [-0.3, -0.25) is 9.59 Å². The zero-order chi connectivity index (χ0) is 19.8. The van der Waals surface area contributed by atoms with Gasteiger partial charge in [0.2, 0.25) is 5.91 Å². The molecule has 3 aromatic carbocycles. The molecule has 0 aromatic heterocycles. The molecule has 0 heterocycles. The third-order valence-corrected chi connectivity index (χ3v) is 4.31. The van der Waals surface area contributed by atoms with Crippen LogP contribution < -0.4 is 5.32 Å². The van der Waals surface area contributed by atoms with Gasteiger partial charge in [-0.05, 0) is 35.7 Å². The Balaban J connectivity index is 1.60. The van der Waals surface area contributed by atoms with Gasteiger partial charge < -0.3 is 10.1 Å². The van der Waals surface area contributed by atoms with Gasteiger partial charge in [-0.2, -0.15) is 0 Å². The lowest BCUT2D eigenvalue weighted by atomic mass is 10.0. The lowest BCUT2D eigenvalue weighted by molar-refractivity contribution is -0.148. The fourth-order valence-corrected chi connectivity index (χ4v) is 2.94. The van der Waals surface area contributed by atoms with Crippen molar-refractivity contribution in [2.45, 2.75) is 25.9 Å². The Morgan fingerprint density at radius 1 is 0.821 bits per heavy atom. The number of ether oxygens (including phenoxy) is 1. The molecule has 142 valence electrons. The van der Waals surface area contributed by atoms with Crippen LogP contribution in [0.4, 0.5) is 5.69 Å². The summed E-state index contributed by atoms with van der Waals surface area (Å²) in [5, 5.41) is 2.81. The van der Waals surface area contributed by atoms with E-state index in [2.05, 4.69) is 5.32 Å². The summed E-state index contributed by atoms with van der Waals surface area (Å²) in [4.78, 5) is 24.5. The molecule has 0 unspecified atom stereocenters. The molecule has 3 rings (SSSR count). The van der Waals surface area contributed by atoms with Gasteiger partial charge in [0.15, 0.2) is 6.10 Å². The minimum Gasteiger partial charge on any atom is -0.453 e. The fourth-order valence-electron chi connectivity index (χ4n) is 2.94. The highest BCUT2D eigenvalue weighted by Crippen LogP contribution is 2.26. The van der Waals surface area contributed by atoms with Crippen LogP contribution >= 0.6 is 0 Å². The van der Waals surface area contributed by atoms with Crippen LogP contribution in [0.1, 0.15) is 35.6 Å². The number of hydrogen-bond donors (Lipinski definition) is 1. The maximum Gasteiger partial charge on any atom is 0.307 e. The molecular formula is C24H23NO3. The van der Waals surface area contributed by atoms with Crippen molar-refractivity contribution in [2.24, 2.45) is 0 Å². The van der Waals surface area contributed by atoms with E-state index >= 15 is 0 Å². The topological polar surface area (TPSA) is 55.4 Å². The van der Waals surface area contributed by atoms with Crippen molar-refractivity contribution in [2.75, 3.05) is 5.32 Å². The molecule has 0 saturated carbocycles. The van der Waals surface area contributed by atoms with Crippen molar-refractivity contribution in [3.8, 4) is 0 Å². The van der Waals surface area contributed by atoms with Crippen LogP contribution in [0.3, 0.4) is 0 Å². The van der Waals surface area contributed by atoms with Gasteiger partial charge in [0, 0.05) is 12.1 Å². The number of rotatable bonds is 7. The maximum absolute atomic E-state index is 12.4. The Morgan fingerprint density at radius 2 is 1.43 bits per heavy atom. The molecular weight excluding hydrogens is 350 g/mol. The van der Waals surface area contributed by atoms with Crippen LogP contribution in [0.15, 0.2) is 84.9 Å². The number of benzene rings is 3. The molecule has 4 nitrogen and oxygen atoms in total. The lowest BCUT2D eigenvalue weighted by Crippen LogP contribution is -2.17. The molecule has 0 radical (unpaired) electrons. The van der Waals surface area contributed by atoms with E-state index in [1.54, 1.807) is 0 Å². The van der Waals surface area contributed by atoms with Crippen LogP contribution in [-0.4, -0.2) is 11.9 Å². The van der Waals surface area contributed by atoms with Crippen LogP contribution in [0.5, 0.6) is 0 Å². The predicted molar refractivity (Wildman–Crippen MR) is 110 cm³/mol. The van der Waals surface area contributed by atoms with Gasteiger partial charge in [0.1, 0.15) is 0 Å². The molecule has 1 N–H and O–H groups in total. The van der Waals surface area contributed by atoms with Gasteiger partial charge >= 0.3 is 5.97 Å². The second-order valence-electron chi connectivity index (χ2n) is 6.61. The Labute approximate surface area is 165 Å². The normalized spacial score (nSPS) is 10.5. The first-order valence-corrected chi connectivity index (χ1v) is 9.28. The summed E-state index contributed by atoms with van der Waals surface area (Å²) in [6.07, 6.45) is -0.397. The average Bonchev–Trinajstić information content (AvgIpc) is 2.72. The van der Waals surface area contributed by atoms with E-state index in [9.17, 15) is 9.59 Å². The third-order valence-electron chi connectivity index (χ3n) is 4.31. The molecule has 1 amide bonds. The SMILES string of the molecule is Cc1cccc(NC(=O)CCC(=O)OC(c2ccccc2)c2ccccc2)c1. The van der Waals surface area contributed by atoms with Gasteiger partial charge in [0.25, 0.3) is 0 Å². The fraction of sp³-hybridized carbons (Fsp3) is 0.167. The van der Waals surface area contributed by atoms with Crippen LogP contribution in [0.2, 0.25) is 0 Å². The highest BCUT2D eigenvalue weighted by molar-refractivity contribution is 5.92. The van der Waals surface area contributed by atoms with Gasteiger partial charge in [-0.15, -0.1) is 0 Å². The molecule has 0 spiro atoms. The first-order valence-electron chi connectivity index (χ1n) is 9.28. The molecule has 0 fully saturated rings. The van der Waals surface area contributed by atoms with E-state index in [0.29, 0.717) is 0 Å². The summed E-state index contributed by atoms with van der Waals surface area (Å²) in [6, 6.07) is 26.7. The number of amides is 1. The molecule has 0 saturated heterocycles. The Kier molecular flexibility index (Phi) is 6.58. The summed E-state index contributed by atoms with van der Waals surface area (Å²) in [6.45, 7) is 1.96. The minimum absolute atomic E-state index is 0.0216.